The van der Waals surface area contributed by atoms with Gasteiger partial charge in [0, 0.05) is 7.05 Å². The van der Waals surface area contributed by atoms with Gasteiger partial charge in [-0.3, -0.25) is 4.79 Å². The van der Waals surface area contributed by atoms with E-state index in [9.17, 15) is 4.79 Å². The summed E-state index contributed by atoms with van der Waals surface area (Å²) in [6.07, 6.45) is 1.79. The second-order valence-corrected chi connectivity index (χ2v) is 5.52. The predicted octanol–water partition coefficient (Wildman–Crippen LogP) is 0.790. The van der Waals surface area contributed by atoms with Gasteiger partial charge < -0.3 is 14.9 Å². The number of hydrogen-bond acceptors (Lipinski definition) is 5. The number of rotatable bonds is 5. The summed E-state index contributed by atoms with van der Waals surface area (Å²) < 4.78 is 3.88. The van der Waals surface area contributed by atoms with Crippen molar-refractivity contribution in [3.8, 4) is 0 Å². The average Bonchev–Trinajstić information content (AvgIpc) is 3.03. The summed E-state index contributed by atoms with van der Waals surface area (Å²) in [4.78, 5) is 15.2. The van der Waals surface area contributed by atoms with Crippen LogP contribution < -0.4 is 5.73 Å². The zero-order valence-electron chi connectivity index (χ0n) is 11.4. The molecular formula is C13H14N6OS. The van der Waals surface area contributed by atoms with Crippen molar-refractivity contribution in [2.24, 2.45) is 12.8 Å². The van der Waals surface area contributed by atoms with Gasteiger partial charge in [-0.1, -0.05) is 23.9 Å². The molecule has 7 nitrogen and oxygen atoms in total. The molecule has 2 heterocycles. The van der Waals surface area contributed by atoms with Crippen LogP contribution in [-0.2, 0) is 18.4 Å². The van der Waals surface area contributed by atoms with Crippen molar-refractivity contribution < 1.29 is 4.79 Å². The van der Waals surface area contributed by atoms with Gasteiger partial charge in [-0.25, -0.2) is 4.98 Å². The highest BCUT2D eigenvalue weighted by Gasteiger charge is 2.12. The van der Waals surface area contributed by atoms with Crippen LogP contribution in [0.15, 0.2) is 35.7 Å². The number of benzene rings is 1. The number of primary amides is 1. The van der Waals surface area contributed by atoms with Gasteiger partial charge in [-0.15, -0.1) is 10.2 Å². The standard InChI is InChI=1S/C13H14N6OS/c1-18-12(16-17-13(18)21-7-11(14)20)6-19-8-15-9-4-2-3-5-10(9)19/h2-5,8H,6-7H2,1H3,(H2,14,20). The van der Waals surface area contributed by atoms with Gasteiger partial charge in [0.05, 0.1) is 29.7 Å². The van der Waals surface area contributed by atoms with E-state index in [4.69, 9.17) is 5.73 Å². The van der Waals surface area contributed by atoms with Crippen molar-refractivity contribution in [1.29, 1.82) is 0 Å². The SMILES string of the molecule is Cn1c(Cn2cnc3ccccc32)nnc1SCC(N)=O. The van der Waals surface area contributed by atoms with Gasteiger partial charge in [-0.05, 0) is 12.1 Å². The van der Waals surface area contributed by atoms with Gasteiger partial charge in [-0.2, -0.15) is 0 Å². The molecule has 0 aliphatic heterocycles. The Bertz CT molecular complexity index is 793. The topological polar surface area (TPSA) is 91.6 Å². The molecular weight excluding hydrogens is 288 g/mol. The summed E-state index contributed by atoms with van der Waals surface area (Å²) in [7, 11) is 1.87. The van der Waals surface area contributed by atoms with E-state index in [0.717, 1.165) is 16.9 Å². The summed E-state index contributed by atoms with van der Waals surface area (Å²) in [5, 5.41) is 8.92. The first kappa shape index (κ1) is 13.6. The van der Waals surface area contributed by atoms with Crippen LogP contribution in [0.3, 0.4) is 0 Å². The molecule has 8 heteroatoms. The fourth-order valence-corrected chi connectivity index (χ4v) is 2.70. The quantitative estimate of drug-likeness (QED) is 0.704. The summed E-state index contributed by atoms with van der Waals surface area (Å²) in [5.41, 5.74) is 7.13. The lowest BCUT2D eigenvalue weighted by molar-refractivity contribution is -0.115. The maximum atomic E-state index is 10.8. The summed E-state index contributed by atoms with van der Waals surface area (Å²) in [5.74, 6) is 0.621. The fraction of sp³-hybridized carbons (Fsp3) is 0.231. The largest absolute Gasteiger partial charge is 0.369 e. The molecule has 0 aliphatic rings. The van der Waals surface area contributed by atoms with Crippen LogP contribution in [0.4, 0.5) is 0 Å². The highest BCUT2D eigenvalue weighted by Crippen LogP contribution is 2.17. The van der Waals surface area contributed by atoms with Crippen LogP contribution in [0.5, 0.6) is 0 Å². The molecule has 21 heavy (non-hydrogen) atoms. The van der Waals surface area contributed by atoms with E-state index >= 15 is 0 Å². The van der Waals surface area contributed by atoms with Crippen LogP contribution in [0, 0.1) is 0 Å². The molecule has 1 aromatic carbocycles. The molecule has 1 amide bonds. The van der Waals surface area contributed by atoms with Gasteiger partial charge in [0.15, 0.2) is 11.0 Å². The van der Waals surface area contributed by atoms with Crippen LogP contribution in [0.25, 0.3) is 11.0 Å². The zero-order valence-corrected chi connectivity index (χ0v) is 12.2. The Morgan fingerprint density at radius 3 is 2.95 bits per heavy atom. The minimum absolute atomic E-state index is 0.194. The molecule has 2 aromatic heterocycles. The molecule has 0 saturated heterocycles. The lowest BCUT2D eigenvalue weighted by Crippen LogP contribution is -2.13. The smallest absolute Gasteiger partial charge is 0.227 e. The number of thioether (sulfide) groups is 1. The number of nitrogens with zero attached hydrogens (tertiary/aromatic N) is 5. The number of carbonyl (C=O) groups is 1. The Morgan fingerprint density at radius 1 is 1.33 bits per heavy atom. The van der Waals surface area contributed by atoms with Crippen LogP contribution in [-0.4, -0.2) is 36.0 Å². The molecule has 108 valence electrons. The van der Waals surface area contributed by atoms with Gasteiger partial charge in [0.25, 0.3) is 0 Å². The van der Waals surface area contributed by atoms with Crippen molar-refractivity contribution in [3.05, 3.63) is 36.4 Å². The summed E-state index contributed by atoms with van der Waals surface area (Å²) in [6.45, 7) is 0.571. The van der Waals surface area contributed by atoms with Crippen molar-refractivity contribution in [2.75, 3.05) is 5.75 Å². The van der Waals surface area contributed by atoms with E-state index in [2.05, 4.69) is 15.2 Å². The van der Waals surface area contributed by atoms with Crippen molar-refractivity contribution in [3.63, 3.8) is 0 Å². The van der Waals surface area contributed by atoms with Crippen LogP contribution in [0.1, 0.15) is 5.82 Å². The molecule has 0 fully saturated rings. The normalized spacial score (nSPS) is 11.1. The van der Waals surface area contributed by atoms with Gasteiger partial charge >= 0.3 is 0 Å². The maximum Gasteiger partial charge on any atom is 0.227 e. The third kappa shape index (κ3) is 2.75. The fourth-order valence-electron chi connectivity index (χ4n) is 2.03. The number of amides is 1. The second-order valence-electron chi connectivity index (χ2n) is 4.57. The zero-order chi connectivity index (χ0) is 14.8. The second kappa shape index (κ2) is 5.57. The minimum Gasteiger partial charge on any atom is -0.369 e. The first-order valence-electron chi connectivity index (χ1n) is 6.34. The molecule has 0 aliphatic carbocycles. The van der Waals surface area contributed by atoms with Gasteiger partial charge in [0.1, 0.15) is 0 Å². The number of nitrogens with two attached hydrogens (primary N) is 1. The molecule has 2 N–H and O–H groups in total. The number of imidazole rings is 1. The Hall–Kier alpha value is -2.35. The molecule has 0 spiro atoms. The highest BCUT2D eigenvalue weighted by molar-refractivity contribution is 7.99. The van der Waals surface area contributed by atoms with Crippen LogP contribution in [0.2, 0.25) is 0 Å². The van der Waals surface area contributed by atoms with Crippen molar-refractivity contribution in [1.82, 2.24) is 24.3 Å². The Morgan fingerprint density at radius 2 is 2.14 bits per heavy atom. The van der Waals surface area contributed by atoms with E-state index < -0.39 is 0 Å². The minimum atomic E-state index is -0.370. The molecule has 0 saturated carbocycles. The maximum absolute atomic E-state index is 10.8. The molecule has 0 atom stereocenters. The molecule has 3 rings (SSSR count). The molecule has 0 bridgehead atoms. The third-order valence-electron chi connectivity index (χ3n) is 3.11. The monoisotopic (exact) mass is 302 g/mol. The Balaban J connectivity index is 1.83. The van der Waals surface area contributed by atoms with E-state index in [1.807, 2.05) is 40.4 Å². The summed E-state index contributed by atoms with van der Waals surface area (Å²) in [6, 6.07) is 7.92. The molecule has 0 radical (unpaired) electrons. The molecule has 0 unspecified atom stereocenters. The number of hydrogen-bond donors (Lipinski definition) is 1. The van der Waals surface area contributed by atoms with E-state index in [0.29, 0.717) is 11.7 Å². The first-order valence-corrected chi connectivity index (χ1v) is 7.33. The third-order valence-corrected chi connectivity index (χ3v) is 4.15. The number of fused-ring (bicyclic) bond motifs is 1. The first-order chi connectivity index (χ1) is 10.1. The van der Waals surface area contributed by atoms with Crippen molar-refractivity contribution >= 4 is 28.7 Å². The van der Waals surface area contributed by atoms with Crippen molar-refractivity contribution in [2.45, 2.75) is 11.7 Å². The number of para-hydroxylation sites is 2. The lowest BCUT2D eigenvalue weighted by atomic mass is 10.3. The van der Waals surface area contributed by atoms with Crippen LogP contribution >= 0.6 is 11.8 Å². The average molecular weight is 302 g/mol. The highest BCUT2D eigenvalue weighted by atomic mass is 32.2. The number of aromatic nitrogens is 5. The Labute approximate surface area is 125 Å². The van der Waals surface area contributed by atoms with E-state index in [-0.39, 0.29) is 11.7 Å². The predicted molar refractivity (Wildman–Crippen MR) is 79.8 cm³/mol. The number of carbonyl (C=O) groups excluding carboxylic acids is 1. The van der Waals surface area contributed by atoms with Gasteiger partial charge in [0.2, 0.25) is 5.91 Å². The lowest BCUT2D eigenvalue weighted by Gasteiger charge is -2.05. The Kier molecular flexibility index (Phi) is 3.61. The van der Waals surface area contributed by atoms with E-state index in [1.165, 1.54) is 11.8 Å². The summed E-state index contributed by atoms with van der Waals surface area (Å²) >= 11 is 1.28. The molecule has 3 aromatic rings. The van der Waals surface area contributed by atoms with E-state index in [1.54, 1.807) is 6.33 Å².